The summed E-state index contributed by atoms with van der Waals surface area (Å²) in [5.41, 5.74) is -0.457. The van der Waals surface area contributed by atoms with Gasteiger partial charge < -0.3 is 20.7 Å². The molecule has 21 heavy (non-hydrogen) atoms. The van der Waals surface area contributed by atoms with Gasteiger partial charge in [-0.1, -0.05) is 15.9 Å². The maximum Gasteiger partial charge on any atom is 0.407 e. The van der Waals surface area contributed by atoms with Gasteiger partial charge in [0.25, 0.3) is 0 Å². The molecule has 0 bridgehead atoms. The van der Waals surface area contributed by atoms with Gasteiger partial charge in [-0.25, -0.2) is 4.79 Å². The second kappa shape index (κ2) is 11.8. The molecule has 0 radical (unpaired) electrons. The van der Waals surface area contributed by atoms with Crippen LogP contribution in [0.1, 0.15) is 40.0 Å². The highest BCUT2D eigenvalue weighted by Gasteiger charge is 2.15. The Hall–Kier alpha value is -0.820. The minimum atomic E-state index is -0.457. The van der Waals surface area contributed by atoms with E-state index in [1.165, 1.54) is 0 Å². The summed E-state index contributed by atoms with van der Waals surface area (Å²) in [6, 6.07) is 0. The lowest BCUT2D eigenvalue weighted by molar-refractivity contribution is -0.120. The Morgan fingerprint density at radius 3 is 2.10 bits per heavy atom. The first kappa shape index (κ1) is 20.2. The highest BCUT2D eigenvalue weighted by Crippen LogP contribution is 2.06. The molecule has 0 heterocycles. The molecule has 0 aromatic heterocycles. The molecule has 0 aromatic carbocycles. The van der Waals surface area contributed by atoms with E-state index in [0.717, 1.165) is 25.9 Å². The minimum Gasteiger partial charge on any atom is -0.444 e. The quantitative estimate of drug-likeness (QED) is 0.407. The molecule has 2 amide bonds. The molecule has 0 unspecified atom stereocenters. The van der Waals surface area contributed by atoms with Crippen LogP contribution in [0.3, 0.4) is 0 Å². The number of ether oxygens (including phenoxy) is 1. The highest BCUT2D eigenvalue weighted by atomic mass is 79.9. The van der Waals surface area contributed by atoms with Crippen LogP contribution in [0.25, 0.3) is 0 Å². The molecule has 124 valence electrons. The van der Waals surface area contributed by atoms with Crippen LogP contribution in [0.5, 0.6) is 0 Å². The fourth-order valence-corrected chi connectivity index (χ4v) is 1.82. The predicted molar refractivity (Wildman–Crippen MR) is 87.8 cm³/mol. The molecule has 0 spiro atoms. The third-order valence-corrected chi connectivity index (χ3v) is 2.77. The van der Waals surface area contributed by atoms with E-state index in [0.29, 0.717) is 24.8 Å². The van der Waals surface area contributed by atoms with Crippen molar-refractivity contribution in [2.75, 3.05) is 31.5 Å². The minimum absolute atomic E-state index is 0.0773. The lowest BCUT2D eigenvalue weighted by atomic mass is 10.2. The molecule has 0 aliphatic carbocycles. The lowest BCUT2D eigenvalue weighted by Crippen LogP contribution is -2.34. The Morgan fingerprint density at radius 1 is 1.00 bits per heavy atom. The number of rotatable bonds is 10. The van der Waals surface area contributed by atoms with Crippen molar-refractivity contribution >= 4 is 27.9 Å². The molecule has 0 saturated carbocycles. The van der Waals surface area contributed by atoms with Gasteiger partial charge in [-0.15, -0.1) is 0 Å². The molecule has 0 aliphatic heterocycles. The van der Waals surface area contributed by atoms with Gasteiger partial charge in [0.2, 0.25) is 5.91 Å². The van der Waals surface area contributed by atoms with Crippen molar-refractivity contribution in [2.45, 2.75) is 45.6 Å². The summed E-state index contributed by atoms with van der Waals surface area (Å²) >= 11 is 3.22. The molecular formula is C14H28BrN3O3. The topological polar surface area (TPSA) is 79.5 Å². The third-order valence-electron chi connectivity index (χ3n) is 2.37. The second-order valence-electron chi connectivity index (χ2n) is 5.67. The van der Waals surface area contributed by atoms with Crippen LogP contribution in [-0.4, -0.2) is 49.1 Å². The van der Waals surface area contributed by atoms with Crippen molar-refractivity contribution in [1.82, 2.24) is 16.0 Å². The first-order chi connectivity index (χ1) is 9.85. The van der Waals surface area contributed by atoms with Crippen molar-refractivity contribution in [1.29, 1.82) is 0 Å². The summed E-state index contributed by atoms with van der Waals surface area (Å²) in [7, 11) is 0. The highest BCUT2D eigenvalue weighted by molar-refractivity contribution is 9.09. The molecule has 0 aliphatic rings. The SMILES string of the molecule is CC(C)(C)OC(=O)NCCCNCCCNC(=O)CCBr. The Morgan fingerprint density at radius 2 is 1.57 bits per heavy atom. The molecule has 6 nitrogen and oxygen atoms in total. The Kier molecular flexibility index (Phi) is 11.3. The van der Waals surface area contributed by atoms with Crippen LogP contribution in [0.2, 0.25) is 0 Å². The predicted octanol–water partition coefficient (Wildman–Crippen LogP) is 1.78. The average molecular weight is 366 g/mol. The van der Waals surface area contributed by atoms with Crippen molar-refractivity contribution in [2.24, 2.45) is 0 Å². The monoisotopic (exact) mass is 365 g/mol. The summed E-state index contributed by atoms with van der Waals surface area (Å²) in [5, 5.41) is 9.50. The van der Waals surface area contributed by atoms with Crippen LogP contribution in [-0.2, 0) is 9.53 Å². The number of carbonyl (C=O) groups excluding carboxylic acids is 2. The molecule has 7 heteroatoms. The van der Waals surface area contributed by atoms with E-state index >= 15 is 0 Å². The fraction of sp³-hybridized carbons (Fsp3) is 0.857. The third kappa shape index (κ3) is 15.4. The van der Waals surface area contributed by atoms with Crippen LogP contribution < -0.4 is 16.0 Å². The zero-order valence-corrected chi connectivity index (χ0v) is 14.8. The van der Waals surface area contributed by atoms with Crippen LogP contribution in [0.15, 0.2) is 0 Å². The smallest absolute Gasteiger partial charge is 0.407 e. The number of alkyl carbamates (subject to hydrolysis) is 1. The van der Waals surface area contributed by atoms with E-state index in [9.17, 15) is 9.59 Å². The molecule has 0 atom stereocenters. The zero-order valence-electron chi connectivity index (χ0n) is 13.3. The molecule has 0 aromatic rings. The molecule has 3 N–H and O–H groups in total. The van der Waals surface area contributed by atoms with E-state index in [-0.39, 0.29) is 12.0 Å². The van der Waals surface area contributed by atoms with Gasteiger partial charge in [-0.2, -0.15) is 0 Å². The molecular weight excluding hydrogens is 338 g/mol. The number of carbonyl (C=O) groups is 2. The Balaban J connectivity index is 3.30. The Bertz CT molecular complexity index is 306. The van der Waals surface area contributed by atoms with Gasteiger partial charge in [-0.05, 0) is 46.7 Å². The van der Waals surface area contributed by atoms with Crippen LogP contribution in [0, 0.1) is 0 Å². The molecule has 0 rings (SSSR count). The normalized spacial score (nSPS) is 11.0. The molecule has 0 fully saturated rings. The number of halogens is 1. The van der Waals surface area contributed by atoms with Gasteiger partial charge in [-0.3, -0.25) is 4.79 Å². The van der Waals surface area contributed by atoms with Crippen molar-refractivity contribution in [3.63, 3.8) is 0 Å². The second-order valence-corrected chi connectivity index (χ2v) is 6.47. The lowest BCUT2D eigenvalue weighted by Gasteiger charge is -2.19. The molecule has 0 saturated heterocycles. The van der Waals surface area contributed by atoms with E-state index in [2.05, 4.69) is 31.9 Å². The number of hydrogen-bond donors (Lipinski definition) is 3. The summed E-state index contributed by atoms with van der Waals surface area (Å²) in [6.45, 7) is 8.46. The van der Waals surface area contributed by atoms with E-state index in [1.54, 1.807) is 0 Å². The first-order valence-electron chi connectivity index (χ1n) is 7.35. The summed E-state index contributed by atoms with van der Waals surface area (Å²) in [6.07, 6.45) is 1.88. The zero-order chi connectivity index (χ0) is 16.1. The van der Waals surface area contributed by atoms with Crippen molar-refractivity contribution < 1.29 is 14.3 Å². The van der Waals surface area contributed by atoms with E-state index in [4.69, 9.17) is 4.74 Å². The summed E-state index contributed by atoms with van der Waals surface area (Å²) in [4.78, 5) is 22.5. The number of nitrogens with one attached hydrogen (secondary N) is 3. The van der Waals surface area contributed by atoms with Crippen LogP contribution >= 0.6 is 15.9 Å². The van der Waals surface area contributed by atoms with Gasteiger partial charge >= 0.3 is 6.09 Å². The van der Waals surface area contributed by atoms with E-state index < -0.39 is 5.60 Å². The summed E-state index contributed by atoms with van der Waals surface area (Å²) < 4.78 is 5.13. The number of hydrogen-bond acceptors (Lipinski definition) is 4. The van der Waals surface area contributed by atoms with Crippen LogP contribution in [0.4, 0.5) is 4.79 Å². The maximum atomic E-state index is 11.4. The van der Waals surface area contributed by atoms with Gasteiger partial charge in [0, 0.05) is 24.8 Å². The number of alkyl halides is 1. The number of amides is 2. The fourth-order valence-electron chi connectivity index (χ4n) is 1.46. The van der Waals surface area contributed by atoms with Gasteiger partial charge in [0.15, 0.2) is 0 Å². The van der Waals surface area contributed by atoms with Crippen molar-refractivity contribution in [3.05, 3.63) is 0 Å². The van der Waals surface area contributed by atoms with Crippen molar-refractivity contribution in [3.8, 4) is 0 Å². The standard InChI is InChI=1S/C14H28BrN3O3/c1-14(2,3)21-13(20)18-11-5-9-16-8-4-10-17-12(19)6-7-15/h16H,4-11H2,1-3H3,(H,17,19)(H,18,20). The maximum absolute atomic E-state index is 11.4. The average Bonchev–Trinajstić information content (AvgIpc) is 2.35. The first-order valence-corrected chi connectivity index (χ1v) is 8.47. The summed E-state index contributed by atoms with van der Waals surface area (Å²) in [5.74, 6) is 0.0773. The van der Waals surface area contributed by atoms with Gasteiger partial charge in [0.1, 0.15) is 5.60 Å². The largest absolute Gasteiger partial charge is 0.444 e. The van der Waals surface area contributed by atoms with Gasteiger partial charge in [0.05, 0.1) is 0 Å². The van der Waals surface area contributed by atoms with E-state index in [1.807, 2.05) is 20.8 Å². The Labute approximate surface area is 135 Å².